The molecule has 0 amide bonds. The Morgan fingerprint density at radius 1 is 1.37 bits per heavy atom. The zero-order valence-corrected chi connectivity index (χ0v) is 12.3. The first kappa shape index (κ1) is 14.1. The van der Waals surface area contributed by atoms with E-state index in [1.165, 1.54) is 11.3 Å². The lowest BCUT2D eigenvalue weighted by Crippen LogP contribution is -2.15. The van der Waals surface area contributed by atoms with E-state index < -0.39 is 0 Å². The van der Waals surface area contributed by atoms with Crippen molar-refractivity contribution in [2.24, 2.45) is 0 Å². The van der Waals surface area contributed by atoms with Crippen LogP contribution in [0.2, 0.25) is 5.15 Å². The second-order valence-electron chi connectivity index (χ2n) is 4.07. The van der Waals surface area contributed by atoms with Crippen molar-refractivity contribution in [3.63, 3.8) is 0 Å². The van der Waals surface area contributed by atoms with Crippen LogP contribution in [0.4, 0.5) is 5.13 Å². The first-order valence-corrected chi connectivity index (χ1v) is 6.93. The Balaban J connectivity index is 2.08. The van der Waals surface area contributed by atoms with Crippen molar-refractivity contribution in [3.05, 3.63) is 39.9 Å². The monoisotopic (exact) mass is 298 g/mol. The minimum Gasteiger partial charge on any atom is -0.497 e. The van der Waals surface area contributed by atoms with Gasteiger partial charge in [-0.05, 0) is 17.7 Å². The predicted molar refractivity (Wildman–Crippen MR) is 78.1 cm³/mol. The van der Waals surface area contributed by atoms with Crippen LogP contribution in [0.15, 0.2) is 24.3 Å². The van der Waals surface area contributed by atoms with Gasteiger partial charge in [0, 0.05) is 13.6 Å². The summed E-state index contributed by atoms with van der Waals surface area (Å²) in [6.45, 7) is 0.644. The second-order valence-corrected chi connectivity index (χ2v) is 5.49. The summed E-state index contributed by atoms with van der Waals surface area (Å²) < 4.78 is 5.12. The number of ether oxygens (including phenoxy) is 1. The fraction of sp³-hybridized carbons (Fsp3) is 0.308. The number of thiazole rings is 1. The maximum absolute atomic E-state index is 9.11. The van der Waals surface area contributed by atoms with E-state index in [4.69, 9.17) is 21.4 Å². The van der Waals surface area contributed by atoms with Gasteiger partial charge in [0.25, 0.3) is 0 Å². The van der Waals surface area contributed by atoms with Crippen molar-refractivity contribution in [1.82, 2.24) is 4.98 Å². The lowest BCUT2D eigenvalue weighted by molar-refractivity contribution is 0.285. The number of rotatable bonds is 5. The van der Waals surface area contributed by atoms with Crippen molar-refractivity contribution in [3.8, 4) is 5.75 Å². The molecule has 0 radical (unpaired) electrons. The van der Waals surface area contributed by atoms with Crippen LogP contribution in [0.5, 0.6) is 5.75 Å². The molecule has 1 heterocycles. The highest BCUT2D eigenvalue weighted by molar-refractivity contribution is 7.16. The van der Waals surface area contributed by atoms with Gasteiger partial charge in [-0.25, -0.2) is 4.98 Å². The molecule has 0 aliphatic heterocycles. The summed E-state index contributed by atoms with van der Waals surface area (Å²) in [6.07, 6.45) is 0. The van der Waals surface area contributed by atoms with Crippen LogP contribution < -0.4 is 9.64 Å². The van der Waals surface area contributed by atoms with Gasteiger partial charge in [-0.15, -0.1) is 0 Å². The third-order valence-electron chi connectivity index (χ3n) is 2.69. The van der Waals surface area contributed by atoms with E-state index in [2.05, 4.69) is 4.98 Å². The molecule has 1 aromatic carbocycles. The molecule has 0 bridgehead atoms. The number of hydrogen-bond donors (Lipinski definition) is 1. The Hall–Kier alpha value is -1.30. The Morgan fingerprint density at radius 3 is 2.58 bits per heavy atom. The van der Waals surface area contributed by atoms with Crippen molar-refractivity contribution >= 4 is 28.1 Å². The topological polar surface area (TPSA) is 45.6 Å². The summed E-state index contributed by atoms with van der Waals surface area (Å²) in [5.41, 5.74) is 1.15. The molecule has 19 heavy (non-hydrogen) atoms. The summed E-state index contributed by atoms with van der Waals surface area (Å²) in [5, 5.41) is 10.3. The van der Waals surface area contributed by atoms with Gasteiger partial charge in [0.05, 0.1) is 18.6 Å². The van der Waals surface area contributed by atoms with Crippen LogP contribution in [0.25, 0.3) is 0 Å². The van der Waals surface area contributed by atoms with Gasteiger partial charge in [-0.2, -0.15) is 0 Å². The lowest BCUT2D eigenvalue weighted by atomic mass is 10.2. The normalized spacial score (nSPS) is 10.5. The molecule has 0 unspecified atom stereocenters. The molecule has 0 aliphatic rings. The number of halogens is 1. The van der Waals surface area contributed by atoms with E-state index in [-0.39, 0.29) is 6.61 Å². The van der Waals surface area contributed by atoms with E-state index in [9.17, 15) is 0 Å². The zero-order chi connectivity index (χ0) is 13.8. The number of aliphatic hydroxyl groups is 1. The Labute approximate surface area is 121 Å². The smallest absolute Gasteiger partial charge is 0.187 e. The van der Waals surface area contributed by atoms with Crippen LogP contribution in [-0.2, 0) is 13.2 Å². The van der Waals surface area contributed by atoms with Crippen LogP contribution in [-0.4, -0.2) is 24.2 Å². The number of anilines is 1. The second kappa shape index (κ2) is 6.23. The van der Waals surface area contributed by atoms with Gasteiger partial charge in [0.15, 0.2) is 5.13 Å². The van der Waals surface area contributed by atoms with Gasteiger partial charge in [0.1, 0.15) is 10.9 Å². The molecule has 102 valence electrons. The molecule has 2 aromatic rings. The number of benzene rings is 1. The molecule has 0 spiro atoms. The van der Waals surface area contributed by atoms with Gasteiger partial charge in [-0.3, -0.25) is 0 Å². The highest BCUT2D eigenvalue weighted by Crippen LogP contribution is 2.29. The molecule has 0 fully saturated rings. The third-order valence-corrected chi connectivity index (χ3v) is 4.27. The van der Waals surface area contributed by atoms with Crippen LogP contribution in [0.1, 0.15) is 10.4 Å². The zero-order valence-electron chi connectivity index (χ0n) is 10.8. The van der Waals surface area contributed by atoms with E-state index >= 15 is 0 Å². The van der Waals surface area contributed by atoms with E-state index in [0.29, 0.717) is 10.0 Å². The molecule has 0 atom stereocenters. The fourth-order valence-electron chi connectivity index (χ4n) is 1.65. The molecule has 1 N–H and O–H groups in total. The minimum absolute atomic E-state index is 0.0765. The number of methoxy groups -OCH3 is 1. The first-order chi connectivity index (χ1) is 9.13. The molecule has 0 saturated heterocycles. The standard InChI is InChI=1S/C13H15ClN2O2S/c1-16(13-15-12(14)11(8-17)19-13)7-9-3-5-10(18-2)6-4-9/h3-6,17H,7-8H2,1-2H3. The predicted octanol–water partition coefficient (Wildman–Crippen LogP) is 2.93. The number of hydrogen-bond acceptors (Lipinski definition) is 5. The maximum atomic E-state index is 9.11. The largest absolute Gasteiger partial charge is 0.497 e. The van der Waals surface area contributed by atoms with Crippen molar-refractivity contribution in [2.45, 2.75) is 13.2 Å². The van der Waals surface area contributed by atoms with Crippen LogP contribution in [0.3, 0.4) is 0 Å². The average molecular weight is 299 g/mol. The summed E-state index contributed by atoms with van der Waals surface area (Å²) in [7, 11) is 3.59. The van der Waals surface area contributed by atoms with Crippen molar-refractivity contribution in [2.75, 3.05) is 19.1 Å². The Kier molecular flexibility index (Phi) is 4.63. The number of aromatic nitrogens is 1. The molecular weight excluding hydrogens is 284 g/mol. The Morgan fingerprint density at radius 2 is 2.05 bits per heavy atom. The molecule has 0 aliphatic carbocycles. The summed E-state index contributed by atoms with van der Waals surface area (Å²) >= 11 is 7.33. The van der Waals surface area contributed by atoms with Gasteiger partial charge >= 0.3 is 0 Å². The van der Waals surface area contributed by atoms with Crippen LogP contribution in [0, 0.1) is 0 Å². The first-order valence-electron chi connectivity index (χ1n) is 5.74. The SMILES string of the molecule is COc1ccc(CN(C)c2nc(Cl)c(CO)s2)cc1. The van der Waals surface area contributed by atoms with Gasteiger partial charge in [-0.1, -0.05) is 35.1 Å². The summed E-state index contributed by atoms with van der Waals surface area (Å²) in [6, 6.07) is 7.88. The number of nitrogens with zero attached hydrogens (tertiary/aromatic N) is 2. The molecule has 1 aromatic heterocycles. The van der Waals surface area contributed by atoms with Gasteiger partial charge in [0.2, 0.25) is 0 Å². The fourth-order valence-corrected chi connectivity index (χ4v) is 2.73. The lowest BCUT2D eigenvalue weighted by Gasteiger charge is -2.15. The van der Waals surface area contributed by atoms with E-state index in [1.807, 2.05) is 36.2 Å². The number of aliphatic hydroxyl groups excluding tert-OH is 1. The van der Waals surface area contributed by atoms with E-state index in [0.717, 1.165) is 23.0 Å². The highest BCUT2D eigenvalue weighted by atomic mass is 35.5. The molecule has 6 heteroatoms. The maximum Gasteiger partial charge on any atom is 0.187 e. The van der Waals surface area contributed by atoms with E-state index in [1.54, 1.807) is 7.11 Å². The van der Waals surface area contributed by atoms with Crippen LogP contribution >= 0.6 is 22.9 Å². The minimum atomic E-state index is -0.0765. The van der Waals surface area contributed by atoms with Crippen molar-refractivity contribution < 1.29 is 9.84 Å². The summed E-state index contributed by atoms with van der Waals surface area (Å²) in [5.74, 6) is 0.839. The van der Waals surface area contributed by atoms with Crippen molar-refractivity contribution in [1.29, 1.82) is 0 Å². The molecular formula is C13H15ClN2O2S. The average Bonchev–Trinajstić information content (AvgIpc) is 2.81. The van der Waals surface area contributed by atoms with Gasteiger partial charge < -0.3 is 14.7 Å². The molecule has 2 rings (SSSR count). The quantitative estimate of drug-likeness (QED) is 0.922. The third kappa shape index (κ3) is 3.37. The molecule has 4 nitrogen and oxygen atoms in total. The molecule has 0 saturated carbocycles. The summed E-state index contributed by atoms with van der Waals surface area (Å²) in [4.78, 5) is 6.93. The highest BCUT2D eigenvalue weighted by Gasteiger charge is 2.12. The Bertz CT molecular complexity index is 542.